The number of rotatable bonds is 8. The summed E-state index contributed by atoms with van der Waals surface area (Å²) in [5.74, 6) is 0.550. The zero-order valence-electron chi connectivity index (χ0n) is 17.2. The summed E-state index contributed by atoms with van der Waals surface area (Å²) < 4.78 is 5.50. The van der Waals surface area contributed by atoms with Crippen molar-refractivity contribution >= 4 is 23.2 Å². The molecule has 3 rings (SSSR count). The van der Waals surface area contributed by atoms with E-state index >= 15 is 0 Å². The summed E-state index contributed by atoms with van der Waals surface area (Å²) in [6.07, 6.45) is 6.13. The van der Waals surface area contributed by atoms with Gasteiger partial charge in [0.25, 0.3) is 5.91 Å². The fourth-order valence-electron chi connectivity index (χ4n) is 3.42. The van der Waals surface area contributed by atoms with Crippen molar-refractivity contribution in [2.24, 2.45) is 0 Å². The number of carbonyl (C=O) groups excluding carboxylic acids is 2. The Morgan fingerprint density at radius 3 is 2.50 bits per heavy atom. The molecule has 2 aromatic rings. The van der Waals surface area contributed by atoms with Gasteiger partial charge in [-0.15, -0.1) is 0 Å². The Labute approximate surface area is 177 Å². The second kappa shape index (κ2) is 11.0. The van der Waals surface area contributed by atoms with Gasteiger partial charge in [-0.3, -0.25) is 9.59 Å². The van der Waals surface area contributed by atoms with E-state index in [1.807, 2.05) is 29.2 Å². The van der Waals surface area contributed by atoms with Gasteiger partial charge >= 0.3 is 0 Å². The molecule has 0 radical (unpaired) electrons. The van der Waals surface area contributed by atoms with Gasteiger partial charge in [0, 0.05) is 36.1 Å². The van der Waals surface area contributed by atoms with Gasteiger partial charge in [0.15, 0.2) is 0 Å². The van der Waals surface area contributed by atoms with Crippen molar-refractivity contribution in [3.63, 3.8) is 0 Å². The lowest BCUT2D eigenvalue weighted by Crippen LogP contribution is -2.31. The second-order valence-electron chi connectivity index (χ2n) is 7.32. The van der Waals surface area contributed by atoms with Crippen LogP contribution in [0.2, 0.25) is 0 Å². The van der Waals surface area contributed by atoms with Crippen LogP contribution in [0, 0.1) is 0 Å². The molecule has 1 aliphatic heterocycles. The lowest BCUT2D eigenvalue weighted by atomic mass is 10.1. The van der Waals surface area contributed by atoms with Gasteiger partial charge in [-0.05, 0) is 43.2 Å². The molecule has 6 nitrogen and oxygen atoms in total. The molecule has 30 heavy (non-hydrogen) atoms. The monoisotopic (exact) mass is 407 g/mol. The third-order valence-corrected chi connectivity index (χ3v) is 4.94. The molecule has 0 saturated carbocycles. The number of nitrogens with zero attached hydrogens (tertiary/aromatic N) is 1. The van der Waals surface area contributed by atoms with E-state index in [0.29, 0.717) is 23.6 Å². The van der Waals surface area contributed by atoms with Gasteiger partial charge < -0.3 is 20.3 Å². The van der Waals surface area contributed by atoms with Crippen molar-refractivity contribution in [1.82, 2.24) is 4.90 Å². The van der Waals surface area contributed by atoms with E-state index in [-0.39, 0.29) is 18.4 Å². The Bertz CT molecular complexity index is 874. The summed E-state index contributed by atoms with van der Waals surface area (Å²) in [6, 6.07) is 14.5. The van der Waals surface area contributed by atoms with Gasteiger partial charge in [-0.1, -0.05) is 37.6 Å². The van der Waals surface area contributed by atoms with Crippen LogP contribution >= 0.6 is 0 Å². The highest BCUT2D eigenvalue weighted by Gasteiger charge is 2.17. The number of carbonyl (C=O) groups is 2. The normalized spacial score (nSPS) is 13.8. The van der Waals surface area contributed by atoms with E-state index in [2.05, 4.69) is 17.2 Å². The van der Waals surface area contributed by atoms with E-state index < -0.39 is 0 Å². The van der Waals surface area contributed by atoms with Gasteiger partial charge in [0.1, 0.15) is 12.4 Å². The van der Waals surface area contributed by atoms with E-state index in [9.17, 15) is 9.59 Å². The zero-order valence-corrected chi connectivity index (χ0v) is 17.2. The van der Waals surface area contributed by atoms with Crippen LogP contribution < -0.4 is 15.4 Å². The standard InChI is InChI=1S/C24H29N3O3/c1-2-15-30-22-12-8-10-20(17-22)25-18-23(28)26-21-11-7-9-19(16-21)24(29)27-13-5-3-4-6-14-27/h2,7-12,16-17,25H,1,3-6,13-15,18H2,(H,26,28). The first kappa shape index (κ1) is 21.4. The predicted octanol–water partition coefficient (Wildman–Crippen LogP) is 4.32. The highest BCUT2D eigenvalue weighted by Crippen LogP contribution is 2.18. The lowest BCUT2D eigenvalue weighted by molar-refractivity contribution is -0.114. The number of anilines is 2. The van der Waals surface area contributed by atoms with E-state index in [1.54, 1.807) is 30.3 Å². The lowest BCUT2D eigenvalue weighted by Gasteiger charge is -2.20. The quantitative estimate of drug-likeness (QED) is 0.640. The molecule has 0 aliphatic carbocycles. The highest BCUT2D eigenvalue weighted by molar-refractivity contribution is 5.98. The van der Waals surface area contributed by atoms with Crippen molar-refractivity contribution in [1.29, 1.82) is 0 Å². The smallest absolute Gasteiger partial charge is 0.253 e. The van der Waals surface area contributed by atoms with Gasteiger partial charge in [-0.25, -0.2) is 0 Å². The highest BCUT2D eigenvalue weighted by atomic mass is 16.5. The van der Waals surface area contributed by atoms with Crippen LogP contribution in [-0.4, -0.2) is 43.0 Å². The third kappa shape index (κ3) is 6.37. The van der Waals surface area contributed by atoms with Crippen LogP contribution in [0.3, 0.4) is 0 Å². The SMILES string of the molecule is C=CCOc1cccc(NCC(=O)Nc2cccc(C(=O)N3CCCCCC3)c2)c1. The third-order valence-electron chi connectivity index (χ3n) is 4.94. The molecule has 158 valence electrons. The molecule has 0 atom stereocenters. The molecule has 0 unspecified atom stereocenters. The molecular formula is C24H29N3O3. The Kier molecular flexibility index (Phi) is 7.89. The Balaban J connectivity index is 1.54. The number of hydrogen-bond donors (Lipinski definition) is 2. The van der Waals surface area contributed by atoms with Crippen molar-refractivity contribution in [3.8, 4) is 5.75 Å². The molecule has 1 saturated heterocycles. The molecule has 2 aromatic carbocycles. The molecule has 1 fully saturated rings. The number of benzene rings is 2. The maximum Gasteiger partial charge on any atom is 0.253 e. The van der Waals surface area contributed by atoms with E-state index in [0.717, 1.165) is 31.6 Å². The average Bonchev–Trinajstić information content (AvgIpc) is 3.06. The van der Waals surface area contributed by atoms with Crippen LogP contribution in [0.25, 0.3) is 0 Å². The predicted molar refractivity (Wildman–Crippen MR) is 120 cm³/mol. The number of nitrogens with one attached hydrogen (secondary N) is 2. The van der Waals surface area contributed by atoms with E-state index in [4.69, 9.17) is 4.74 Å². The molecular weight excluding hydrogens is 378 g/mol. The molecule has 0 spiro atoms. The minimum Gasteiger partial charge on any atom is -0.489 e. The summed E-state index contributed by atoms with van der Waals surface area (Å²) >= 11 is 0. The number of likely N-dealkylation sites (tertiary alicyclic amines) is 1. The maximum atomic E-state index is 12.8. The molecule has 1 aliphatic rings. The van der Waals surface area contributed by atoms with Crippen LogP contribution in [0.5, 0.6) is 5.75 Å². The number of ether oxygens (including phenoxy) is 1. The molecule has 0 bridgehead atoms. The van der Waals surface area contributed by atoms with E-state index in [1.165, 1.54) is 12.8 Å². The summed E-state index contributed by atoms with van der Waals surface area (Å²) in [6.45, 7) is 5.76. The van der Waals surface area contributed by atoms with Crippen LogP contribution in [0.4, 0.5) is 11.4 Å². The first-order valence-corrected chi connectivity index (χ1v) is 10.4. The second-order valence-corrected chi connectivity index (χ2v) is 7.32. The fourth-order valence-corrected chi connectivity index (χ4v) is 3.42. The fraction of sp³-hybridized carbons (Fsp3) is 0.333. The van der Waals surface area contributed by atoms with Crippen molar-refractivity contribution in [2.75, 3.05) is 36.9 Å². The molecule has 6 heteroatoms. The van der Waals surface area contributed by atoms with Crippen molar-refractivity contribution in [3.05, 3.63) is 66.7 Å². The van der Waals surface area contributed by atoms with Gasteiger partial charge in [0.05, 0.1) is 6.54 Å². The first-order chi connectivity index (χ1) is 14.7. The number of amides is 2. The molecule has 1 heterocycles. The Morgan fingerprint density at radius 2 is 1.73 bits per heavy atom. The van der Waals surface area contributed by atoms with Gasteiger partial charge in [-0.2, -0.15) is 0 Å². The van der Waals surface area contributed by atoms with Crippen molar-refractivity contribution in [2.45, 2.75) is 25.7 Å². The minimum atomic E-state index is -0.188. The number of hydrogen-bond acceptors (Lipinski definition) is 4. The van der Waals surface area contributed by atoms with Crippen LogP contribution in [-0.2, 0) is 4.79 Å². The Hall–Kier alpha value is -3.28. The van der Waals surface area contributed by atoms with Crippen molar-refractivity contribution < 1.29 is 14.3 Å². The first-order valence-electron chi connectivity index (χ1n) is 10.4. The summed E-state index contributed by atoms with van der Waals surface area (Å²) in [7, 11) is 0. The largest absolute Gasteiger partial charge is 0.489 e. The maximum absolute atomic E-state index is 12.8. The molecule has 2 N–H and O–H groups in total. The summed E-state index contributed by atoms with van der Waals surface area (Å²) in [5.41, 5.74) is 2.01. The topological polar surface area (TPSA) is 70.7 Å². The molecule has 2 amide bonds. The average molecular weight is 408 g/mol. The Morgan fingerprint density at radius 1 is 1.00 bits per heavy atom. The van der Waals surface area contributed by atoms with Gasteiger partial charge in [0.2, 0.25) is 5.91 Å². The summed E-state index contributed by atoms with van der Waals surface area (Å²) in [4.78, 5) is 27.1. The minimum absolute atomic E-state index is 0.0301. The van der Waals surface area contributed by atoms with Crippen LogP contribution in [0.1, 0.15) is 36.0 Å². The molecule has 0 aromatic heterocycles. The zero-order chi connectivity index (χ0) is 21.2. The summed E-state index contributed by atoms with van der Waals surface area (Å²) in [5, 5.41) is 5.94. The van der Waals surface area contributed by atoms with Crippen LogP contribution in [0.15, 0.2) is 61.2 Å².